The van der Waals surface area contributed by atoms with E-state index in [1.807, 2.05) is 44.2 Å². The molecular formula is C49H62N8O10S2. The highest BCUT2D eigenvalue weighted by Crippen LogP contribution is 2.35. The van der Waals surface area contributed by atoms with Crippen molar-refractivity contribution in [1.29, 1.82) is 0 Å². The number of carbonyl (C=O) groups excluding carboxylic acids is 7. The number of carbonyl (C=O) groups is 7. The lowest BCUT2D eigenvalue weighted by Crippen LogP contribution is -2.55. The maximum absolute atomic E-state index is 14.0. The van der Waals surface area contributed by atoms with E-state index in [-0.39, 0.29) is 80.0 Å². The molecule has 0 radical (unpaired) electrons. The average molecular weight is 987 g/mol. The van der Waals surface area contributed by atoms with Gasteiger partial charge in [0, 0.05) is 55.6 Å². The van der Waals surface area contributed by atoms with Crippen molar-refractivity contribution in [2.45, 2.75) is 89.0 Å². The molecule has 4 aliphatic heterocycles. The quantitative estimate of drug-likeness (QED) is 0.0625. The van der Waals surface area contributed by atoms with Crippen molar-refractivity contribution in [2.24, 2.45) is 17.8 Å². The van der Waals surface area contributed by atoms with E-state index in [2.05, 4.69) is 31.9 Å². The molecule has 0 spiro atoms. The Hall–Kier alpha value is -5.67. The maximum atomic E-state index is 14.0. The van der Waals surface area contributed by atoms with Crippen LogP contribution in [0.15, 0.2) is 72.8 Å². The van der Waals surface area contributed by atoms with Crippen LogP contribution >= 0.6 is 11.8 Å². The molecule has 6 atom stereocenters. The number of anilines is 1. The highest BCUT2D eigenvalue weighted by molar-refractivity contribution is 8.00. The van der Waals surface area contributed by atoms with E-state index in [0.717, 1.165) is 60.1 Å². The molecule has 4 heterocycles. The van der Waals surface area contributed by atoms with Crippen LogP contribution in [0.1, 0.15) is 107 Å². The van der Waals surface area contributed by atoms with Crippen molar-refractivity contribution in [3.8, 4) is 0 Å². The van der Waals surface area contributed by atoms with Gasteiger partial charge in [-0.1, -0.05) is 69.2 Å². The van der Waals surface area contributed by atoms with E-state index in [0.29, 0.717) is 24.3 Å². The fourth-order valence-corrected chi connectivity index (χ4v) is 11.4. The van der Waals surface area contributed by atoms with Gasteiger partial charge >= 0.3 is 0 Å². The first kappa shape index (κ1) is 51.2. The SMILES string of the molecule is CCC(CC)C1CN(S(C)(=O)=O)CC1C(=O)N[C@@H](COCc1ccc(C(=O)NCCCCCNc2ccc3c(c2)C(=O)N(C2CCC(=O)NC2=O)C3=O)cc1)C(=O)NC1NC(c2ccccc2)CS1. The lowest BCUT2D eigenvalue weighted by atomic mass is 9.80. The summed E-state index contributed by atoms with van der Waals surface area (Å²) in [5, 5.41) is 17.8. The molecule has 7 rings (SSSR count). The molecule has 5 unspecified atom stereocenters. The summed E-state index contributed by atoms with van der Waals surface area (Å²) < 4.78 is 32.6. The monoisotopic (exact) mass is 986 g/mol. The molecule has 0 aromatic heterocycles. The summed E-state index contributed by atoms with van der Waals surface area (Å²) in [6.07, 6.45) is 5.17. The number of benzene rings is 3. The topological polar surface area (TPSA) is 242 Å². The van der Waals surface area contributed by atoms with Crippen LogP contribution in [0.2, 0.25) is 0 Å². The van der Waals surface area contributed by atoms with E-state index < -0.39 is 63.1 Å². The lowest BCUT2D eigenvalue weighted by molar-refractivity contribution is -0.136. The van der Waals surface area contributed by atoms with E-state index in [4.69, 9.17) is 4.74 Å². The Balaban J connectivity index is 0.860. The number of imide groups is 2. The second-order valence-electron chi connectivity index (χ2n) is 18.0. The van der Waals surface area contributed by atoms with Crippen LogP contribution < -0.4 is 31.9 Å². The number of rotatable bonds is 22. The summed E-state index contributed by atoms with van der Waals surface area (Å²) in [7, 11) is -3.54. The van der Waals surface area contributed by atoms with Gasteiger partial charge in [-0.05, 0) is 79.0 Å². The fourth-order valence-electron chi connectivity index (χ4n) is 9.43. The molecule has 7 amide bonds. The zero-order valence-electron chi connectivity index (χ0n) is 39.2. The summed E-state index contributed by atoms with van der Waals surface area (Å²) in [5.41, 5.74) is 2.99. The highest BCUT2D eigenvalue weighted by atomic mass is 32.2. The normalized spacial score (nSPS) is 22.1. The third kappa shape index (κ3) is 12.8. The Morgan fingerprint density at radius 1 is 0.884 bits per heavy atom. The Labute approximate surface area is 407 Å². The Morgan fingerprint density at radius 2 is 1.61 bits per heavy atom. The Kier molecular flexibility index (Phi) is 17.3. The van der Waals surface area contributed by atoms with Gasteiger partial charge in [0.2, 0.25) is 33.7 Å². The third-order valence-electron chi connectivity index (χ3n) is 13.4. The van der Waals surface area contributed by atoms with Crippen LogP contribution in [0.4, 0.5) is 5.69 Å². The number of fused-ring (bicyclic) bond motifs is 1. The van der Waals surface area contributed by atoms with Crippen molar-refractivity contribution in [3.05, 3.63) is 101 Å². The Bertz CT molecular complexity index is 2490. The van der Waals surface area contributed by atoms with Gasteiger partial charge in [-0.2, -0.15) is 0 Å². The van der Waals surface area contributed by atoms with Crippen molar-refractivity contribution in [1.82, 2.24) is 35.8 Å². The summed E-state index contributed by atoms with van der Waals surface area (Å²) >= 11 is 1.55. The first-order valence-corrected chi connectivity index (χ1v) is 26.6. The second-order valence-corrected chi connectivity index (χ2v) is 21.1. The predicted molar refractivity (Wildman–Crippen MR) is 260 cm³/mol. The van der Waals surface area contributed by atoms with Crippen LogP contribution in [0.3, 0.4) is 0 Å². The van der Waals surface area contributed by atoms with Gasteiger partial charge < -0.3 is 26.0 Å². The van der Waals surface area contributed by atoms with E-state index in [1.54, 1.807) is 54.2 Å². The standard InChI is InChI=1S/C49H62N8O10S2/c1-4-31(5-2)37-25-56(69(3,65)66)26-38(37)44(60)52-39(45(61)55-49-53-40(29-68-49)32-12-8-6-9-13-32)28-67-27-30-14-16-33(17-15-30)43(59)51-23-11-7-10-22-50-34-18-19-35-36(24-34)48(64)57(47(35)63)41-20-21-42(58)54-46(41)62/h6,8-9,12-19,24,31,37-41,49-50,53H,4-5,7,10-11,20-23,25-29H2,1-3H3,(H,51,59)(H,52,60)(H,55,61)(H,54,58,62)/t37?,38?,39-,40?,41?,49?/m0/s1. The van der Waals surface area contributed by atoms with Gasteiger partial charge in [0.25, 0.3) is 17.7 Å². The molecule has 69 heavy (non-hydrogen) atoms. The number of unbranched alkanes of at least 4 members (excludes halogenated alkanes) is 2. The van der Waals surface area contributed by atoms with E-state index in [1.165, 1.54) is 4.31 Å². The van der Waals surface area contributed by atoms with E-state index in [9.17, 15) is 42.0 Å². The number of hydrogen-bond donors (Lipinski definition) is 6. The molecular weight excluding hydrogens is 925 g/mol. The smallest absolute Gasteiger partial charge is 0.262 e. The molecule has 0 saturated carbocycles. The zero-order valence-corrected chi connectivity index (χ0v) is 40.8. The van der Waals surface area contributed by atoms with Gasteiger partial charge in [-0.25, -0.2) is 12.7 Å². The first-order chi connectivity index (χ1) is 33.1. The summed E-state index contributed by atoms with van der Waals surface area (Å²) in [4.78, 5) is 91.9. The number of amides is 7. The number of sulfonamides is 1. The number of nitrogens with zero attached hydrogens (tertiary/aromatic N) is 2. The first-order valence-electron chi connectivity index (χ1n) is 23.7. The van der Waals surface area contributed by atoms with Crippen molar-refractivity contribution in [3.63, 3.8) is 0 Å². The van der Waals surface area contributed by atoms with Crippen LogP contribution in [0.25, 0.3) is 0 Å². The minimum atomic E-state index is -3.54. The second kappa shape index (κ2) is 23.3. The van der Waals surface area contributed by atoms with E-state index >= 15 is 0 Å². The van der Waals surface area contributed by atoms with Crippen molar-refractivity contribution < 1.29 is 46.7 Å². The molecule has 20 heteroatoms. The summed E-state index contributed by atoms with van der Waals surface area (Å²) in [5.74, 6) is -3.22. The zero-order chi connectivity index (χ0) is 49.2. The highest BCUT2D eigenvalue weighted by Gasteiger charge is 2.46. The van der Waals surface area contributed by atoms with Crippen molar-refractivity contribution >= 4 is 68.8 Å². The fraction of sp³-hybridized carbons (Fsp3) is 0.490. The van der Waals surface area contributed by atoms with Gasteiger partial charge in [-0.3, -0.25) is 49.1 Å². The number of nitrogens with one attached hydrogen (secondary N) is 6. The number of piperidine rings is 1. The summed E-state index contributed by atoms with van der Waals surface area (Å²) in [6.45, 7) is 5.36. The molecule has 4 aliphatic rings. The average Bonchev–Trinajstić information content (AvgIpc) is 4.06. The van der Waals surface area contributed by atoms with Gasteiger partial charge in [0.05, 0.1) is 36.5 Å². The van der Waals surface area contributed by atoms with Crippen LogP contribution in [0, 0.1) is 17.8 Å². The largest absolute Gasteiger partial charge is 0.385 e. The number of thioether (sulfide) groups is 1. The third-order valence-corrected chi connectivity index (χ3v) is 15.7. The number of hydrogen-bond acceptors (Lipinski definition) is 13. The molecule has 3 aromatic rings. The van der Waals surface area contributed by atoms with Crippen molar-refractivity contribution in [2.75, 3.05) is 50.1 Å². The minimum absolute atomic E-state index is 0.0323. The van der Waals surface area contributed by atoms with Crippen LogP contribution in [-0.2, 0) is 40.5 Å². The molecule has 3 aromatic carbocycles. The van der Waals surface area contributed by atoms with Gasteiger partial charge in [0.15, 0.2) is 0 Å². The van der Waals surface area contributed by atoms with Gasteiger partial charge in [0.1, 0.15) is 17.6 Å². The number of ether oxygens (including phenoxy) is 1. The molecule has 6 N–H and O–H groups in total. The maximum Gasteiger partial charge on any atom is 0.262 e. The minimum Gasteiger partial charge on any atom is -0.385 e. The van der Waals surface area contributed by atoms with Crippen LogP contribution in [0.5, 0.6) is 0 Å². The molecule has 370 valence electrons. The summed E-state index contributed by atoms with van der Waals surface area (Å²) in [6, 6.07) is 19.7. The molecule has 18 nitrogen and oxygen atoms in total. The molecule has 0 bridgehead atoms. The molecule has 0 aliphatic carbocycles. The molecule has 3 fully saturated rings. The van der Waals surface area contributed by atoms with Crippen LogP contribution in [-0.4, -0.2) is 121 Å². The Morgan fingerprint density at radius 3 is 2.32 bits per heavy atom. The molecule has 3 saturated heterocycles. The lowest BCUT2D eigenvalue weighted by Gasteiger charge is -2.27. The predicted octanol–water partition coefficient (Wildman–Crippen LogP) is 3.52. The van der Waals surface area contributed by atoms with Gasteiger partial charge in [-0.15, -0.1) is 11.8 Å².